The fourth-order valence-corrected chi connectivity index (χ4v) is 1.91. The maximum absolute atomic E-state index is 5.58. The van der Waals surface area contributed by atoms with Gasteiger partial charge in [0.25, 0.3) is 0 Å². The van der Waals surface area contributed by atoms with E-state index >= 15 is 0 Å². The Labute approximate surface area is 62.1 Å². The molecule has 1 heterocycles. The van der Waals surface area contributed by atoms with E-state index in [0.29, 0.717) is 6.10 Å². The van der Waals surface area contributed by atoms with Crippen molar-refractivity contribution in [2.75, 3.05) is 0 Å². The SMILES string of the molecule is C=C[CH]C12CCCCC1O2. The zero-order chi connectivity index (χ0) is 7.03. The molecule has 1 saturated heterocycles. The summed E-state index contributed by atoms with van der Waals surface area (Å²) in [6, 6.07) is 0. The summed E-state index contributed by atoms with van der Waals surface area (Å²) < 4.78 is 5.58. The van der Waals surface area contributed by atoms with E-state index in [1.807, 2.05) is 6.08 Å². The van der Waals surface area contributed by atoms with Gasteiger partial charge in [0.2, 0.25) is 0 Å². The van der Waals surface area contributed by atoms with Crippen molar-refractivity contribution in [3.63, 3.8) is 0 Å². The van der Waals surface area contributed by atoms with Gasteiger partial charge in [0.1, 0.15) is 5.60 Å². The molecule has 0 bridgehead atoms. The average molecular weight is 137 g/mol. The van der Waals surface area contributed by atoms with Gasteiger partial charge >= 0.3 is 0 Å². The van der Waals surface area contributed by atoms with Crippen LogP contribution in [0.15, 0.2) is 12.7 Å². The molecule has 1 radical (unpaired) electrons. The van der Waals surface area contributed by atoms with E-state index in [1.54, 1.807) is 0 Å². The molecule has 2 unspecified atom stereocenters. The standard InChI is InChI=1S/C9H13O/c1-2-6-9-7-4-3-5-8(9)10-9/h2,6,8H,1,3-5,7H2. The molecule has 0 aromatic rings. The first kappa shape index (κ1) is 6.41. The molecular weight excluding hydrogens is 124 g/mol. The molecule has 1 nitrogen and oxygen atoms in total. The first-order valence-electron chi connectivity index (χ1n) is 4.02. The Balaban J connectivity index is 1.98. The zero-order valence-corrected chi connectivity index (χ0v) is 6.18. The van der Waals surface area contributed by atoms with Crippen LogP contribution in [0.3, 0.4) is 0 Å². The predicted octanol–water partition coefficient (Wildman–Crippen LogP) is 2.09. The van der Waals surface area contributed by atoms with E-state index in [1.165, 1.54) is 25.7 Å². The fourth-order valence-electron chi connectivity index (χ4n) is 1.91. The Bertz CT molecular complexity index is 153. The Morgan fingerprint density at radius 3 is 3.10 bits per heavy atom. The van der Waals surface area contributed by atoms with Crippen LogP contribution in [0.1, 0.15) is 25.7 Å². The highest BCUT2D eigenvalue weighted by atomic mass is 16.6. The Kier molecular flexibility index (Phi) is 1.34. The Hall–Kier alpha value is -0.300. The lowest BCUT2D eigenvalue weighted by atomic mass is 9.87. The van der Waals surface area contributed by atoms with Gasteiger partial charge in [-0.25, -0.2) is 0 Å². The third-order valence-electron chi connectivity index (χ3n) is 2.53. The predicted molar refractivity (Wildman–Crippen MR) is 40.6 cm³/mol. The van der Waals surface area contributed by atoms with Gasteiger partial charge in [0.15, 0.2) is 0 Å². The van der Waals surface area contributed by atoms with Crippen LogP contribution in [0.5, 0.6) is 0 Å². The lowest BCUT2D eigenvalue weighted by Gasteiger charge is -2.13. The van der Waals surface area contributed by atoms with Gasteiger partial charge in [-0.1, -0.05) is 18.9 Å². The Morgan fingerprint density at radius 2 is 2.40 bits per heavy atom. The number of hydrogen-bond acceptors (Lipinski definition) is 1. The van der Waals surface area contributed by atoms with Crippen molar-refractivity contribution in [3.05, 3.63) is 19.1 Å². The molecule has 0 N–H and O–H groups in total. The smallest absolute Gasteiger partial charge is 0.102 e. The summed E-state index contributed by atoms with van der Waals surface area (Å²) >= 11 is 0. The molecule has 1 aliphatic heterocycles. The highest BCUT2D eigenvalue weighted by Gasteiger charge is 2.55. The van der Waals surface area contributed by atoms with Gasteiger partial charge in [0.05, 0.1) is 6.10 Å². The van der Waals surface area contributed by atoms with E-state index in [4.69, 9.17) is 4.74 Å². The van der Waals surface area contributed by atoms with Crippen molar-refractivity contribution < 1.29 is 4.74 Å². The maximum Gasteiger partial charge on any atom is 0.102 e. The van der Waals surface area contributed by atoms with Crippen LogP contribution < -0.4 is 0 Å². The van der Waals surface area contributed by atoms with Crippen molar-refractivity contribution in [1.82, 2.24) is 0 Å². The van der Waals surface area contributed by atoms with Gasteiger partial charge < -0.3 is 4.74 Å². The number of fused-ring (bicyclic) bond motifs is 1. The van der Waals surface area contributed by atoms with Crippen molar-refractivity contribution in [2.24, 2.45) is 0 Å². The molecule has 0 amide bonds. The molecule has 2 atom stereocenters. The molecule has 2 fully saturated rings. The van der Waals surface area contributed by atoms with E-state index in [0.717, 1.165) is 0 Å². The topological polar surface area (TPSA) is 12.5 Å². The van der Waals surface area contributed by atoms with Crippen LogP contribution in [-0.4, -0.2) is 11.7 Å². The minimum atomic E-state index is 0.153. The molecule has 2 rings (SSSR count). The number of epoxide rings is 1. The molecule has 2 aliphatic rings. The lowest BCUT2D eigenvalue weighted by molar-refractivity contribution is 0.319. The van der Waals surface area contributed by atoms with E-state index < -0.39 is 0 Å². The van der Waals surface area contributed by atoms with Crippen LogP contribution in [0.25, 0.3) is 0 Å². The van der Waals surface area contributed by atoms with Crippen molar-refractivity contribution in [3.8, 4) is 0 Å². The minimum Gasteiger partial charge on any atom is -0.365 e. The first-order valence-corrected chi connectivity index (χ1v) is 4.02. The summed E-state index contributed by atoms with van der Waals surface area (Å²) in [5, 5.41) is 0. The molecule has 0 aromatic carbocycles. The normalized spacial score (nSPS) is 44.2. The summed E-state index contributed by atoms with van der Waals surface area (Å²) in [5.74, 6) is 0. The van der Waals surface area contributed by atoms with Crippen LogP contribution in [0.4, 0.5) is 0 Å². The summed E-state index contributed by atoms with van der Waals surface area (Å²) in [6.07, 6.45) is 9.66. The van der Waals surface area contributed by atoms with E-state index in [2.05, 4.69) is 13.0 Å². The van der Waals surface area contributed by atoms with Crippen LogP contribution in [0.2, 0.25) is 0 Å². The van der Waals surface area contributed by atoms with Crippen molar-refractivity contribution in [1.29, 1.82) is 0 Å². The third kappa shape index (κ3) is 0.807. The number of ether oxygens (including phenoxy) is 1. The summed E-state index contributed by atoms with van der Waals surface area (Å²) in [7, 11) is 0. The summed E-state index contributed by atoms with van der Waals surface area (Å²) in [5.41, 5.74) is 0.153. The first-order chi connectivity index (χ1) is 4.87. The monoisotopic (exact) mass is 137 g/mol. The van der Waals surface area contributed by atoms with Crippen LogP contribution >= 0.6 is 0 Å². The molecule has 55 valence electrons. The van der Waals surface area contributed by atoms with Crippen molar-refractivity contribution >= 4 is 0 Å². The fraction of sp³-hybridized carbons (Fsp3) is 0.667. The van der Waals surface area contributed by atoms with Gasteiger partial charge in [-0.05, 0) is 12.8 Å². The van der Waals surface area contributed by atoms with Crippen LogP contribution in [0, 0.1) is 6.42 Å². The number of rotatable bonds is 2. The van der Waals surface area contributed by atoms with Gasteiger partial charge in [0, 0.05) is 6.42 Å². The number of hydrogen-bond donors (Lipinski definition) is 0. The molecule has 10 heavy (non-hydrogen) atoms. The molecule has 1 saturated carbocycles. The van der Waals surface area contributed by atoms with Gasteiger partial charge in [-0.15, -0.1) is 6.58 Å². The molecule has 0 aromatic heterocycles. The second-order valence-corrected chi connectivity index (χ2v) is 3.21. The molecule has 1 aliphatic carbocycles. The lowest BCUT2D eigenvalue weighted by Crippen LogP contribution is -2.18. The zero-order valence-electron chi connectivity index (χ0n) is 6.18. The second-order valence-electron chi connectivity index (χ2n) is 3.21. The molecular formula is C9H13O. The van der Waals surface area contributed by atoms with E-state index in [9.17, 15) is 0 Å². The molecule has 1 heteroatoms. The largest absolute Gasteiger partial charge is 0.365 e. The van der Waals surface area contributed by atoms with Gasteiger partial charge in [-0.2, -0.15) is 0 Å². The minimum absolute atomic E-state index is 0.153. The highest BCUT2D eigenvalue weighted by molar-refractivity contribution is 5.18. The van der Waals surface area contributed by atoms with Gasteiger partial charge in [-0.3, -0.25) is 0 Å². The molecule has 0 spiro atoms. The highest BCUT2D eigenvalue weighted by Crippen LogP contribution is 2.49. The maximum atomic E-state index is 5.58. The average Bonchev–Trinajstić information content (AvgIpc) is 2.62. The van der Waals surface area contributed by atoms with Crippen LogP contribution in [-0.2, 0) is 4.74 Å². The third-order valence-corrected chi connectivity index (χ3v) is 2.53. The quantitative estimate of drug-likeness (QED) is 0.531. The van der Waals surface area contributed by atoms with E-state index in [-0.39, 0.29) is 5.60 Å². The Morgan fingerprint density at radius 1 is 1.50 bits per heavy atom. The van der Waals surface area contributed by atoms with Crippen molar-refractivity contribution in [2.45, 2.75) is 37.4 Å². The summed E-state index contributed by atoms with van der Waals surface area (Å²) in [6.45, 7) is 3.69. The summed E-state index contributed by atoms with van der Waals surface area (Å²) in [4.78, 5) is 0. The second kappa shape index (κ2) is 2.09.